The maximum atomic E-state index is 2.44. The SMILES string of the molecule is CCCCCCCS[C]1CC[CH]CC1. The molecule has 82 valence electrons. The van der Waals surface area contributed by atoms with E-state index in [1.807, 2.05) is 0 Å². The maximum Gasteiger partial charge on any atom is 0.0306 e. The molecule has 0 aromatic carbocycles. The van der Waals surface area contributed by atoms with E-state index in [0.717, 1.165) is 0 Å². The van der Waals surface area contributed by atoms with Gasteiger partial charge in [0.1, 0.15) is 0 Å². The van der Waals surface area contributed by atoms with Gasteiger partial charge in [0.05, 0.1) is 0 Å². The van der Waals surface area contributed by atoms with Gasteiger partial charge in [0.2, 0.25) is 0 Å². The number of hydrogen-bond donors (Lipinski definition) is 0. The second-order valence-electron chi connectivity index (χ2n) is 4.17. The van der Waals surface area contributed by atoms with Gasteiger partial charge in [-0.2, -0.15) is 11.8 Å². The van der Waals surface area contributed by atoms with Gasteiger partial charge >= 0.3 is 0 Å². The molecule has 0 aliphatic heterocycles. The van der Waals surface area contributed by atoms with Gasteiger partial charge in [-0.1, -0.05) is 32.6 Å². The number of thioether (sulfide) groups is 1. The molecule has 0 bridgehead atoms. The zero-order chi connectivity index (χ0) is 10.1. The third-order valence-electron chi connectivity index (χ3n) is 2.81. The highest BCUT2D eigenvalue weighted by Gasteiger charge is 2.13. The molecule has 1 heteroatoms. The molecule has 0 N–H and O–H groups in total. The third-order valence-corrected chi connectivity index (χ3v) is 4.12. The highest BCUT2D eigenvalue weighted by atomic mass is 32.2. The Hall–Kier alpha value is 0.350. The predicted molar refractivity (Wildman–Crippen MR) is 67.2 cm³/mol. The summed E-state index contributed by atoms with van der Waals surface area (Å²) < 4.78 is 0. The average molecular weight is 212 g/mol. The van der Waals surface area contributed by atoms with Crippen LogP contribution in [0.5, 0.6) is 0 Å². The van der Waals surface area contributed by atoms with E-state index in [4.69, 9.17) is 0 Å². The van der Waals surface area contributed by atoms with Crippen LogP contribution in [0.4, 0.5) is 0 Å². The van der Waals surface area contributed by atoms with Crippen molar-refractivity contribution in [2.24, 2.45) is 0 Å². The summed E-state index contributed by atoms with van der Waals surface area (Å²) in [4.78, 5) is 0. The Morgan fingerprint density at radius 2 is 1.79 bits per heavy atom. The van der Waals surface area contributed by atoms with Gasteiger partial charge in [-0.05, 0) is 44.3 Å². The summed E-state index contributed by atoms with van der Waals surface area (Å²) in [5, 5.41) is 1.77. The van der Waals surface area contributed by atoms with Crippen LogP contribution in [0.2, 0.25) is 0 Å². The molecule has 0 spiro atoms. The van der Waals surface area contributed by atoms with Crippen LogP contribution >= 0.6 is 11.8 Å². The fourth-order valence-electron chi connectivity index (χ4n) is 1.86. The maximum absolute atomic E-state index is 2.44. The summed E-state index contributed by atoms with van der Waals surface area (Å²) in [6, 6.07) is 0. The van der Waals surface area contributed by atoms with Crippen LogP contribution in [-0.2, 0) is 0 Å². The molecule has 0 aromatic heterocycles. The van der Waals surface area contributed by atoms with Gasteiger partial charge in [0.25, 0.3) is 0 Å². The van der Waals surface area contributed by atoms with Crippen molar-refractivity contribution >= 4 is 11.8 Å². The summed E-state index contributed by atoms with van der Waals surface area (Å²) in [6.45, 7) is 2.28. The average Bonchev–Trinajstić information content (AvgIpc) is 2.25. The smallest absolute Gasteiger partial charge is 0.0306 e. The van der Waals surface area contributed by atoms with E-state index in [-0.39, 0.29) is 0 Å². The van der Waals surface area contributed by atoms with E-state index in [1.54, 1.807) is 5.25 Å². The Morgan fingerprint density at radius 1 is 1.07 bits per heavy atom. The van der Waals surface area contributed by atoms with Crippen molar-refractivity contribution in [2.45, 2.75) is 64.7 Å². The summed E-state index contributed by atoms with van der Waals surface area (Å²) in [7, 11) is 0. The molecule has 0 heterocycles. The quantitative estimate of drug-likeness (QED) is 0.535. The minimum Gasteiger partial charge on any atom is -0.154 e. The Morgan fingerprint density at radius 3 is 2.50 bits per heavy atom. The molecule has 0 unspecified atom stereocenters. The van der Waals surface area contributed by atoms with Crippen LogP contribution in [0.3, 0.4) is 0 Å². The van der Waals surface area contributed by atoms with Crippen molar-refractivity contribution in [1.82, 2.24) is 0 Å². The third kappa shape index (κ3) is 5.95. The van der Waals surface area contributed by atoms with E-state index in [2.05, 4.69) is 25.1 Å². The van der Waals surface area contributed by atoms with Gasteiger partial charge in [-0.3, -0.25) is 0 Å². The summed E-state index contributed by atoms with van der Waals surface area (Å²) in [6.07, 6.45) is 14.9. The van der Waals surface area contributed by atoms with E-state index in [1.165, 1.54) is 63.5 Å². The van der Waals surface area contributed by atoms with Gasteiger partial charge in [-0.15, -0.1) is 0 Å². The van der Waals surface area contributed by atoms with Gasteiger partial charge in [0.15, 0.2) is 0 Å². The molecule has 0 atom stereocenters. The van der Waals surface area contributed by atoms with Crippen LogP contribution in [0.15, 0.2) is 0 Å². The molecule has 1 aliphatic carbocycles. The van der Waals surface area contributed by atoms with E-state index < -0.39 is 0 Å². The molecule has 1 fully saturated rings. The fraction of sp³-hybridized carbons (Fsp3) is 0.846. The van der Waals surface area contributed by atoms with Crippen LogP contribution in [0, 0.1) is 11.7 Å². The van der Waals surface area contributed by atoms with Crippen LogP contribution in [-0.4, -0.2) is 5.75 Å². The van der Waals surface area contributed by atoms with Gasteiger partial charge in [0, 0.05) is 5.25 Å². The summed E-state index contributed by atoms with van der Waals surface area (Å²) >= 11 is 2.15. The molecule has 2 radical (unpaired) electrons. The first-order chi connectivity index (χ1) is 6.93. The largest absolute Gasteiger partial charge is 0.154 e. The minimum absolute atomic E-state index is 1.33. The zero-order valence-electron chi connectivity index (χ0n) is 9.56. The lowest BCUT2D eigenvalue weighted by molar-refractivity contribution is 0.657. The van der Waals surface area contributed by atoms with Crippen molar-refractivity contribution in [3.63, 3.8) is 0 Å². The number of hydrogen-bond acceptors (Lipinski definition) is 1. The molecule has 0 nitrogen and oxygen atoms in total. The molecule has 14 heavy (non-hydrogen) atoms. The van der Waals surface area contributed by atoms with Crippen LogP contribution in [0.1, 0.15) is 64.7 Å². The van der Waals surface area contributed by atoms with Crippen LogP contribution in [0.25, 0.3) is 0 Å². The summed E-state index contributed by atoms with van der Waals surface area (Å²) in [5.74, 6) is 1.37. The molecule has 1 aliphatic rings. The van der Waals surface area contributed by atoms with E-state index in [0.29, 0.717) is 0 Å². The van der Waals surface area contributed by atoms with Crippen molar-refractivity contribution in [2.75, 3.05) is 5.75 Å². The Kier molecular flexibility index (Phi) is 7.67. The van der Waals surface area contributed by atoms with Gasteiger partial charge in [-0.25, -0.2) is 0 Å². The first kappa shape index (κ1) is 12.4. The van der Waals surface area contributed by atoms with Crippen molar-refractivity contribution in [1.29, 1.82) is 0 Å². The first-order valence-corrected chi connectivity index (χ1v) is 7.21. The molecular weight excluding hydrogens is 188 g/mol. The number of unbranched alkanes of at least 4 members (excludes halogenated alkanes) is 4. The molecular formula is C13H24S. The Bertz CT molecular complexity index is 116. The molecule has 1 saturated carbocycles. The number of rotatable bonds is 7. The normalized spacial score (nSPS) is 18.6. The molecule has 1 rings (SSSR count). The molecule has 0 saturated heterocycles. The van der Waals surface area contributed by atoms with E-state index >= 15 is 0 Å². The Balaban J connectivity index is 1.82. The van der Waals surface area contributed by atoms with Crippen LogP contribution < -0.4 is 0 Å². The summed E-state index contributed by atoms with van der Waals surface area (Å²) in [5.41, 5.74) is 0. The predicted octanol–water partition coefficient (Wildman–Crippen LogP) is 5.00. The zero-order valence-corrected chi connectivity index (χ0v) is 10.4. The van der Waals surface area contributed by atoms with E-state index in [9.17, 15) is 0 Å². The minimum atomic E-state index is 1.33. The molecule has 0 amide bonds. The Labute approximate surface area is 94.2 Å². The van der Waals surface area contributed by atoms with Crippen molar-refractivity contribution < 1.29 is 0 Å². The lowest BCUT2D eigenvalue weighted by Crippen LogP contribution is -2.01. The highest BCUT2D eigenvalue weighted by Crippen LogP contribution is 2.34. The lowest BCUT2D eigenvalue weighted by Gasteiger charge is -2.19. The molecule has 0 aromatic rings. The second-order valence-corrected chi connectivity index (χ2v) is 5.44. The topological polar surface area (TPSA) is 0 Å². The van der Waals surface area contributed by atoms with Crippen molar-refractivity contribution in [3.8, 4) is 0 Å². The first-order valence-electron chi connectivity index (χ1n) is 6.22. The van der Waals surface area contributed by atoms with Crippen molar-refractivity contribution in [3.05, 3.63) is 11.7 Å². The van der Waals surface area contributed by atoms with Gasteiger partial charge < -0.3 is 0 Å². The fourth-order valence-corrected chi connectivity index (χ4v) is 3.02. The standard InChI is InChI=1S/C13H24S/c1-2-3-4-5-9-12-14-13-10-7-6-8-11-13/h6H,2-5,7-12H2,1H3. The lowest BCUT2D eigenvalue weighted by atomic mass is 10.0. The monoisotopic (exact) mass is 212 g/mol. The highest BCUT2D eigenvalue weighted by molar-refractivity contribution is 8.02. The second kappa shape index (κ2) is 8.64.